The minimum atomic E-state index is -0.250. The van der Waals surface area contributed by atoms with Gasteiger partial charge in [-0.3, -0.25) is 14.5 Å². The van der Waals surface area contributed by atoms with Crippen LogP contribution in [0.4, 0.5) is 4.79 Å². The van der Waals surface area contributed by atoms with E-state index in [1.807, 2.05) is 24.3 Å². The van der Waals surface area contributed by atoms with Crippen molar-refractivity contribution in [2.45, 2.75) is 57.2 Å². The average molecular weight is 467 g/mol. The van der Waals surface area contributed by atoms with Crippen molar-refractivity contribution in [1.82, 2.24) is 29.6 Å². The summed E-state index contributed by atoms with van der Waals surface area (Å²) in [7, 11) is 2.03. The highest BCUT2D eigenvalue weighted by atomic mass is 16.3. The Morgan fingerprint density at radius 2 is 1.61 bits per heavy atom. The largest absolute Gasteiger partial charge is 0.483 e. The van der Waals surface area contributed by atoms with E-state index in [-0.39, 0.29) is 19.0 Å². The second kappa shape index (κ2) is 14.5. The van der Waals surface area contributed by atoms with Crippen LogP contribution in [0.1, 0.15) is 44.3 Å². The molecule has 2 amide bonds. The van der Waals surface area contributed by atoms with Gasteiger partial charge in [0.25, 0.3) is 12.9 Å². The molecule has 1 saturated carbocycles. The summed E-state index contributed by atoms with van der Waals surface area (Å²) in [6.07, 6.45) is 11.6. The molecule has 2 saturated heterocycles. The van der Waals surface area contributed by atoms with Gasteiger partial charge < -0.3 is 29.9 Å². The molecule has 0 atom stereocenters. The minimum Gasteiger partial charge on any atom is -0.483 e. The second-order valence-electron chi connectivity index (χ2n) is 8.63. The molecule has 186 valence electrons. The number of carbonyl (C=O) groups is 3. The number of piperidine rings is 1. The van der Waals surface area contributed by atoms with Crippen LogP contribution in [0.3, 0.4) is 0 Å². The van der Waals surface area contributed by atoms with Gasteiger partial charge in [0.1, 0.15) is 5.82 Å². The van der Waals surface area contributed by atoms with Gasteiger partial charge in [-0.05, 0) is 25.7 Å². The molecule has 11 heteroatoms. The van der Waals surface area contributed by atoms with E-state index in [9.17, 15) is 4.79 Å². The summed E-state index contributed by atoms with van der Waals surface area (Å²) in [5.74, 6) is 1.09. The Bertz CT molecular complexity index is 702. The number of nitrogens with zero attached hydrogens (tertiary/aromatic N) is 5. The Morgan fingerprint density at radius 1 is 1.03 bits per heavy atom. The first-order valence-corrected chi connectivity index (χ1v) is 11.7. The molecule has 0 unspecified atom stereocenters. The van der Waals surface area contributed by atoms with Crippen molar-refractivity contribution in [3.8, 4) is 0 Å². The predicted molar refractivity (Wildman–Crippen MR) is 123 cm³/mol. The molecular weight excluding hydrogens is 428 g/mol. The highest BCUT2D eigenvalue weighted by Gasteiger charge is 2.29. The van der Waals surface area contributed by atoms with Gasteiger partial charge in [-0.15, -0.1) is 0 Å². The van der Waals surface area contributed by atoms with Crippen LogP contribution in [-0.2, 0) is 23.2 Å². The van der Waals surface area contributed by atoms with Gasteiger partial charge >= 0.3 is 6.03 Å². The molecule has 1 aliphatic carbocycles. The van der Waals surface area contributed by atoms with Crippen LogP contribution in [0, 0.1) is 0 Å². The fourth-order valence-corrected chi connectivity index (χ4v) is 4.80. The summed E-state index contributed by atoms with van der Waals surface area (Å²) in [5, 5.41) is 17.1. The van der Waals surface area contributed by atoms with Crippen molar-refractivity contribution in [1.29, 1.82) is 0 Å². The molecule has 3 N–H and O–H groups in total. The van der Waals surface area contributed by atoms with Gasteiger partial charge in [0.2, 0.25) is 0 Å². The molecule has 0 spiro atoms. The molecule has 11 nitrogen and oxygen atoms in total. The predicted octanol–water partition coefficient (Wildman–Crippen LogP) is 1.06. The highest BCUT2D eigenvalue weighted by Crippen LogP contribution is 2.26. The van der Waals surface area contributed by atoms with E-state index in [2.05, 4.69) is 24.7 Å². The molecule has 3 fully saturated rings. The summed E-state index contributed by atoms with van der Waals surface area (Å²) >= 11 is 0. The highest BCUT2D eigenvalue weighted by molar-refractivity contribution is 5.74. The maximum absolute atomic E-state index is 12.6. The number of rotatable bonds is 4. The monoisotopic (exact) mass is 466 g/mol. The Balaban J connectivity index is 0.000000582. The van der Waals surface area contributed by atoms with Gasteiger partial charge in [-0.2, -0.15) is 0 Å². The molecule has 0 radical (unpaired) electrons. The Morgan fingerprint density at radius 3 is 2.12 bits per heavy atom. The van der Waals surface area contributed by atoms with Crippen molar-refractivity contribution in [2.75, 3.05) is 39.3 Å². The van der Waals surface area contributed by atoms with Gasteiger partial charge in [-0.1, -0.05) is 12.8 Å². The molecular formula is C22H38N6O5. The van der Waals surface area contributed by atoms with Crippen molar-refractivity contribution in [2.24, 2.45) is 7.05 Å². The summed E-state index contributed by atoms with van der Waals surface area (Å²) in [5.41, 5.74) is 0. The summed E-state index contributed by atoms with van der Waals surface area (Å²) in [6, 6.07) is 1.29. The fourth-order valence-electron chi connectivity index (χ4n) is 4.80. The number of aryl methyl sites for hydroxylation is 1. The van der Waals surface area contributed by atoms with E-state index in [1.165, 1.54) is 25.7 Å². The van der Waals surface area contributed by atoms with E-state index in [4.69, 9.17) is 19.8 Å². The summed E-state index contributed by atoms with van der Waals surface area (Å²) in [6.45, 7) is 6.09. The van der Waals surface area contributed by atoms with Gasteiger partial charge in [-0.25, -0.2) is 9.78 Å². The molecule has 1 aromatic rings. The molecule has 4 rings (SSSR count). The molecule has 3 aliphatic rings. The van der Waals surface area contributed by atoms with E-state index < -0.39 is 0 Å². The van der Waals surface area contributed by atoms with Crippen molar-refractivity contribution < 1.29 is 24.6 Å². The molecule has 0 aromatic carbocycles. The number of carboxylic acid groups (broad SMARTS) is 2. The quantitative estimate of drug-likeness (QED) is 0.562. The first kappa shape index (κ1) is 26.6. The SMILES string of the molecule is Cn1ccnc1CN1CCN(C(=O)NC2CCN(C3CCCC3)CC2)CC1.O=CO.O=CO. The zero-order valence-corrected chi connectivity index (χ0v) is 19.5. The normalized spacial score (nSPS) is 20.2. The second-order valence-corrected chi connectivity index (χ2v) is 8.63. The third kappa shape index (κ3) is 8.65. The smallest absolute Gasteiger partial charge is 0.317 e. The molecule has 3 heterocycles. The van der Waals surface area contributed by atoms with Gasteiger partial charge in [0.15, 0.2) is 0 Å². The molecule has 1 aromatic heterocycles. The first-order valence-electron chi connectivity index (χ1n) is 11.7. The van der Waals surface area contributed by atoms with Crippen LogP contribution < -0.4 is 5.32 Å². The van der Waals surface area contributed by atoms with Crippen LogP contribution in [0.15, 0.2) is 12.4 Å². The molecule has 0 bridgehead atoms. The van der Waals surface area contributed by atoms with Crippen molar-refractivity contribution >= 4 is 19.0 Å². The standard InChI is InChI=1S/C20H34N6O.2CH2O2/c1-23-11-8-21-19(23)16-24-12-14-26(15-13-24)20(27)22-17-6-9-25(10-7-17)18-4-2-3-5-18;2*2-1-3/h8,11,17-18H,2-7,9-10,12-16H2,1H3,(H,22,27);2*1H,(H,2,3). The van der Waals surface area contributed by atoms with Gasteiger partial charge in [0.05, 0.1) is 6.54 Å². The lowest BCUT2D eigenvalue weighted by Gasteiger charge is -2.38. The number of amides is 2. The topological polar surface area (TPSA) is 131 Å². The third-order valence-electron chi connectivity index (χ3n) is 6.64. The lowest BCUT2D eigenvalue weighted by molar-refractivity contribution is -0.123. The van der Waals surface area contributed by atoms with E-state index >= 15 is 0 Å². The summed E-state index contributed by atoms with van der Waals surface area (Å²) in [4.78, 5) is 40.8. The van der Waals surface area contributed by atoms with Crippen LogP contribution >= 0.6 is 0 Å². The van der Waals surface area contributed by atoms with E-state index in [1.54, 1.807) is 0 Å². The average Bonchev–Trinajstić information content (AvgIpc) is 3.48. The number of hydrogen-bond acceptors (Lipinski definition) is 6. The number of nitrogens with one attached hydrogen (secondary N) is 1. The van der Waals surface area contributed by atoms with Crippen LogP contribution in [-0.4, -0.2) is 105 Å². The number of imidazole rings is 1. The first-order chi connectivity index (χ1) is 16.0. The lowest BCUT2D eigenvalue weighted by Crippen LogP contribution is -2.55. The van der Waals surface area contributed by atoms with Crippen LogP contribution in [0.5, 0.6) is 0 Å². The lowest BCUT2D eigenvalue weighted by atomic mass is 10.0. The minimum absolute atomic E-state index is 0.131. The number of urea groups is 1. The van der Waals surface area contributed by atoms with Crippen LogP contribution in [0.25, 0.3) is 0 Å². The number of likely N-dealkylation sites (tertiary alicyclic amines) is 1. The van der Waals surface area contributed by atoms with Crippen molar-refractivity contribution in [3.63, 3.8) is 0 Å². The zero-order chi connectivity index (χ0) is 24.1. The maximum atomic E-state index is 12.6. The van der Waals surface area contributed by atoms with Crippen molar-refractivity contribution in [3.05, 3.63) is 18.2 Å². The maximum Gasteiger partial charge on any atom is 0.317 e. The number of piperazine rings is 1. The number of carbonyl (C=O) groups excluding carboxylic acids is 1. The molecule has 2 aliphatic heterocycles. The fraction of sp³-hybridized carbons (Fsp3) is 0.727. The van der Waals surface area contributed by atoms with Gasteiger partial charge in [0, 0.05) is 70.8 Å². The number of aromatic nitrogens is 2. The van der Waals surface area contributed by atoms with E-state index in [0.29, 0.717) is 6.04 Å². The number of hydrogen-bond donors (Lipinski definition) is 3. The van der Waals surface area contributed by atoms with Crippen LogP contribution in [0.2, 0.25) is 0 Å². The Hall–Kier alpha value is -2.66. The van der Waals surface area contributed by atoms with E-state index in [0.717, 1.165) is 70.5 Å². The Labute approximate surface area is 195 Å². The summed E-state index contributed by atoms with van der Waals surface area (Å²) < 4.78 is 2.07. The zero-order valence-electron chi connectivity index (χ0n) is 19.5. The Kier molecular flexibility index (Phi) is 11.7. The molecule has 33 heavy (non-hydrogen) atoms. The third-order valence-corrected chi connectivity index (χ3v) is 6.64.